The van der Waals surface area contributed by atoms with E-state index in [9.17, 15) is 17.6 Å². The highest BCUT2D eigenvalue weighted by atomic mass is 35.5. The van der Waals surface area contributed by atoms with E-state index in [1.807, 2.05) is 0 Å². The number of hydrogen-bond donors (Lipinski definition) is 0. The van der Waals surface area contributed by atoms with Crippen molar-refractivity contribution in [2.24, 2.45) is 0 Å². The molecule has 0 N–H and O–H groups in total. The Bertz CT molecular complexity index is 646. The maximum absolute atomic E-state index is 13.7. The molecule has 1 heterocycles. The van der Waals surface area contributed by atoms with Crippen LogP contribution in [0, 0.1) is 12.7 Å². The Hall–Kier alpha value is -1.89. The number of benzene rings is 1. The van der Waals surface area contributed by atoms with Crippen molar-refractivity contribution in [2.75, 3.05) is 0 Å². The van der Waals surface area contributed by atoms with E-state index < -0.39 is 28.9 Å². The van der Waals surface area contributed by atoms with E-state index in [4.69, 9.17) is 16.3 Å². The summed E-state index contributed by atoms with van der Waals surface area (Å²) in [6.45, 7) is 1.50. The molecule has 2 rings (SSSR count). The Morgan fingerprint density at radius 2 is 1.90 bits per heavy atom. The Morgan fingerprint density at radius 3 is 2.55 bits per heavy atom. The van der Waals surface area contributed by atoms with Crippen LogP contribution in [-0.2, 0) is 6.18 Å². The van der Waals surface area contributed by atoms with E-state index in [-0.39, 0.29) is 5.75 Å². The summed E-state index contributed by atoms with van der Waals surface area (Å²) in [5, 5.41) is -0.449. The van der Waals surface area contributed by atoms with E-state index in [0.717, 1.165) is 6.07 Å². The van der Waals surface area contributed by atoms with Crippen LogP contribution in [0.15, 0.2) is 24.3 Å². The average Bonchev–Trinajstić information content (AvgIpc) is 2.33. The zero-order chi connectivity index (χ0) is 14.9. The molecular weight excluding hydrogens is 300 g/mol. The Balaban J connectivity index is 2.39. The van der Waals surface area contributed by atoms with Gasteiger partial charge in [-0.1, -0.05) is 23.7 Å². The van der Waals surface area contributed by atoms with Gasteiger partial charge in [0.15, 0.2) is 11.6 Å². The SMILES string of the molecule is Cc1cccc(Oc2cc(Cl)nc(C(F)(F)F)n2)c1F. The van der Waals surface area contributed by atoms with Crippen LogP contribution in [0.4, 0.5) is 17.6 Å². The van der Waals surface area contributed by atoms with E-state index in [2.05, 4.69) is 9.97 Å². The average molecular weight is 307 g/mol. The number of rotatable bonds is 2. The molecule has 2 aromatic rings. The summed E-state index contributed by atoms with van der Waals surface area (Å²) in [4.78, 5) is 6.20. The molecule has 1 aromatic carbocycles. The second-order valence-electron chi connectivity index (χ2n) is 3.84. The molecule has 3 nitrogen and oxygen atoms in total. The number of aryl methyl sites for hydroxylation is 1. The minimum absolute atomic E-state index is 0.243. The van der Waals surface area contributed by atoms with Crippen LogP contribution in [0.25, 0.3) is 0 Å². The van der Waals surface area contributed by atoms with Crippen LogP contribution < -0.4 is 4.74 Å². The maximum Gasteiger partial charge on any atom is 0.451 e. The van der Waals surface area contributed by atoms with Crippen LogP contribution in [0.5, 0.6) is 11.6 Å². The highest BCUT2D eigenvalue weighted by Crippen LogP contribution is 2.31. The summed E-state index contributed by atoms with van der Waals surface area (Å²) in [5.41, 5.74) is 0.290. The predicted molar refractivity (Wildman–Crippen MR) is 63.3 cm³/mol. The molecule has 106 valence electrons. The van der Waals surface area contributed by atoms with Gasteiger partial charge in [0, 0.05) is 6.07 Å². The Labute approximate surface area is 116 Å². The van der Waals surface area contributed by atoms with Gasteiger partial charge in [0.1, 0.15) is 5.15 Å². The molecular formula is C12H7ClF4N2O. The zero-order valence-electron chi connectivity index (χ0n) is 10.0. The van der Waals surface area contributed by atoms with Gasteiger partial charge < -0.3 is 4.74 Å². The van der Waals surface area contributed by atoms with Crippen LogP contribution in [0.2, 0.25) is 5.15 Å². The number of hydrogen-bond acceptors (Lipinski definition) is 3. The highest BCUT2D eigenvalue weighted by Gasteiger charge is 2.35. The molecule has 0 spiro atoms. The molecule has 0 bridgehead atoms. The third-order valence-electron chi connectivity index (χ3n) is 2.30. The number of aromatic nitrogens is 2. The lowest BCUT2D eigenvalue weighted by atomic mass is 10.2. The quantitative estimate of drug-likeness (QED) is 0.610. The smallest absolute Gasteiger partial charge is 0.436 e. The minimum atomic E-state index is -4.77. The molecule has 0 amide bonds. The standard InChI is InChI=1S/C12H7ClF4N2O/c1-6-3-2-4-7(10(6)14)20-9-5-8(13)18-11(19-9)12(15,16)17/h2-5H,1H3. The van der Waals surface area contributed by atoms with Gasteiger partial charge in [-0.2, -0.15) is 18.2 Å². The van der Waals surface area contributed by atoms with Gasteiger partial charge in [-0.05, 0) is 18.6 Å². The molecule has 1 aromatic heterocycles. The van der Waals surface area contributed by atoms with Crippen molar-refractivity contribution >= 4 is 11.6 Å². The summed E-state index contributed by atoms with van der Waals surface area (Å²) < 4.78 is 56.2. The van der Waals surface area contributed by atoms with Gasteiger partial charge >= 0.3 is 6.18 Å². The van der Waals surface area contributed by atoms with E-state index in [0.29, 0.717) is 5.56 Å². The molecule has 0 saturated carbocycles. The molecule has 0 atom stereocenters. The van der Waals surface area contributed by atoms with Gasteiger partial charge in [0.25, 0.3) is 0 Å². The van der Waals surface area contributed by atoms with Crippen molar-refractivity contribution in [2.45, 2.75) is 13.1 Å². The lowest BCUT2D eigenvalue weighted by Crippen LogP contribution is -2.11. The fraction of sp³-hybridized carbons (Fsp3) is 0.167. The monoisotopic (exact) mass is 306 g/mol. The lowest BCUT2D eigenvalue weighted by Gasteiger charge is -2.10. The second kappa shape index (κ2) is 5.24. The molecule has 8 heteroatoms. The molecule has 0 radical (unpaired) electrons. The number of ether oxygens (including phenoxy) is 1. The summed E-state index contributed by atoms with van der Waals surface area (Å²) in [5.74, 6) is -2.86. The first-order chi connectivity index (χ1) is 9.27. The molecule has 20 heavy (non-hydrogen) atoms. The number of halogens is 5. The molecule has 0 fully saturated rings. The predicted octanol–water partition coefficient (Wildman–Crippen LogP) is 4.39. The normalized spacial score (nSPS) is 11.5. The third kappa shape index (κ3) is 3.16. The van der Waals surface area contributed by atoms with Crippen molar-refractivity contribution < 1.29 is 22.3 Å². The van der Waals surface area contributed by atoms with E-state index in [1.165, 1.54) is 25.1 Å². The first-order valence-electron chi connectivity index (χ1n) is 5.32. The Kier molecular flexibility index (Phi) is 3.80. The van der Waals surface area contributed by atoms with Crippen LogP contribution in [-0.4, -0.2) is 9.97 Å². The largest absolute Gasteiger partial charge is 0.451 e. The van der Waals surface area contributed by atoms with Gasteiger partial charge in [-0.25, -0.2) is 9.37 Å². The highest BCUT2D eigenvalue weighted by molar-refractivity contribution is 6.29. The van der Waals surface area contributed by atoms with Crippen molar-refractivity contribution in [1.82, 2.24) is 9.97 Å². The summed E-state index contributed by atoms with van der Waals surface area (Å²) in [6.07, 6.45) is -4.77. The molecule has 0 unspecified atom stereocenters. The lowest BCUT2D eigenvalue weighted by molar-refractivity contribution is -0.145. The first-order valence-corrected chi connectivity index (χ1v) is 5.70. The fourth-order valence-corrected chi connectivity index (χ4v) is 1.56. The summed E-state index contributed by atoms with van der Waals surface area (Å²) in [6, 6.07) is 5.24. The minimum Gasteiger partial charge on any atom is -0.436 e. The van der Waals surface area contributed by atoms with Gasteiger partial charge in [0.2, 0.25) is 11.7 Å². The number of alkyl halides is 3. The van der Waals surface area contributed by atoms with Crippen LogP contribution in [0.3, 0.4) is 0 Å². The topological polar surface area (TPSA) is 35.0 Å². The summed E-state index contributed by atoms with van der Waals surface area (Å²) in [7, 11) is 0. The van der Waals surface area contributed by atoms with Gasteiger partial charge in [-0.15, -0.1) is 0 Å². The van der Waals surface area contributed by atoms with E-state index in [1.54, 1.807) is 0 Å². The second-order valence-corrected chi connectivity index (χ2v) is 4.23. The fourth-order valence-electron chi connectivity index (χ4n) is 1.39. The van der Waals surface area contributed by atoms with Crippen LogP contribution in [0.1, 0.15) is 11.4 Å². The third-order valence-corrected chi connectivity index (χ3v) is 2.49. The van der Waals surface area contributed by atoms with Gasteiger partial charge in [-0.3, -0.25) is 0 Å². The first kappa shape index (κ1) is 14.5. The van der Waals surface area contributed by atoms with Crippen molar-refractivity contribution in [3.63, 3.8) is 0 Å². The van der Waals surface area contributed by atoms with Crippen molar-refractivity contribution in [1.29, 1.82) is 0 Å². The number of nitrogens with zero attached hydrogens (tertiary/aromatic N) is 2. The maximum atomic E-state index is 13.7. The molecule has 0 saturated heterocycles. The van der Waals surface area contributed by atoms with Crippen LogP contribution >= 0.6 is 11.6 Å². The van der Waals surface area contributed by atoms with Gasteiger partial charge in [0.05, 0.1) is 0 Å². The Morgan fingerprint density at radius 1 is 1.20 bits per heavy atom. The zero-order valence-corrected chi connectivity index (χ0v) is 10.8. The van der Waals surface area contributed by atoms with Crippen molar-refractivity contribution in [3.8, 4) is 11.6 Å². The van der Waals surface area contributed by atoms with Crippen molar-refractivity contribution in [3.05, 3.63) is 46.6 Å². The summed E-state index contributed by atoms with van der Waals surface area (Å²) >= 11 is 5.47. The van der Waals surface area contributed by atoms with E-state index >= 15 is 0 Å². The molecule has 0 aliphatic rings. The molecule has 0 aliphatic heterocycles. The molecule has 0 aliphatic carbocycles.